The van der Waals surface area contributed by atoms with Crippen molar-refractivity contribution in [3.05, 3.63) is 101 Å². The fourth-order valence-electron chi connectivity index (χ4n) is 8.14. The highest BCUT2D eigenvalue weighted by Gasteiger charge is 2.44. The molecular formula is C46H50Br2N4O8S2. The van der Waals surface area contributed by atoms with Gasteiger partial charge >= 0.3 is 0 Å². The lowest BCUT2D eigenvalue weighted by Crippen LogP contribution is -2.55. The topological polar surface area (TPSA) is 151 Å². The molecule has 6 heterocycles. The minimum Gasteiger partial charge on any atom is -0.378 e. The summed E-state index contributed by atoms with van der Waals surface area (Å²) in [6, 6.07) is 22.3. The number of Topliss-reactive ketones (excluding diaryl/α,β-unsaturated/α-hetero) is 2. The largest absolute Gasteiger partial charge is 0.378 e. The van der Waals surface area contributed by atoms with Crippen molar-refractivity contribution < 1.29 is 38.2 Å². The number of hydrogen-bond acceptors (Lipinski definition) is 10. The highest BCUT2D eigenvalue weighted by atomic mass is 79.9. The van der Waals surface area contributed by atoms with Gasteiger partial charge in [0.05, 0.1) is 30.5 Å². The number of carbonyl (C=O) groups excluding carboxylic acids is 6. The van der Waals surface area contributed by atoms with Crippen LogP contribution in [0.4, 0.5) is 11.4 Å². The van der Waals surface area contributed by atoms with E-state index in [1.54, 1.807) is 12.1 Å². The molecule has 0 bridgehead atoms. The predicted octanol–water partition coefficient (Wildman–Crippen LogP) is 8.24. The van der Waals surface area contributed by atoms with Crippen LogP contribution in [0.15, 0.2) is 80.4 Å². The Hall–Kier alpha value is -4.06. The van der Waals surface area contributed by atoms with Crippen molar-refractivity contribution in [2.75, 3.05) is 49.3 Å². The van der Waals surface area contributed by atoms with E-state index < -0.39 is 11.1 Å². The minimum atomic E-state index is -1.01. The van der Waals surface area contributed by atoms with Gasteiger partial charge in [0.1, 0.15) is 11.1 Å². The molecule has 2 aromatic carbocycles. The molecule has 2 N–H and O–H groups in total. The fraction of sp³-hybridized carbons (Fsp3) is 0.435. The van der Waals surface area contributed by atoms with Gasteiger partial charge in [-0.15, -0.1) is 22.7 Å². The summed E-state index contributed by atoms with van der Waals surface area (Å²) in [6.45, 7) is 2.73. The van der Waals surface area contributed by atoms with E-state index in [9.17, 15) is 28.8 Å². The van der Waals surface area contributed by atoms with Gasteiger partial charge in [-0.1, -0.05) is 37.1 Å². The smallest absolute Gasteiger partial charge is 0.262 e. The summed E-state index contributed by atoms with van der Waals surface area (Å²) >= 11 is 9.39. The Morgan fingerprint density at radius 3 is 1.31 bits per heavy atom. The monoisotopic (exact) mass is 1010 g/mol. The van der Waals surface area contributed by atoms with Crippen LogP contribution >= 0.6 is 54.5 Å². The molecule has 4 fully saturated rings. The molecule has 4 aliphatic heterocycles. The first kappa shape index (κ1) is 45.9. The number of hydrogen-bond donors (Lipinski definition) is 2. The van der Waals surface area contributed by atoms with Gasteiger partial charge in [0.15, 0.2) is 11.6 Å². The second-order valence-electron chi connectivity index (χ2n) is 16.1. The summed E-state index contributed by atoms with van der Waals surface area (Å²) in [6.07, 6.45) is 8.56. The molecule has 8 rings (SSSR count). The van der Waals surface area contributed by atoms with Crippen LogP contribution in [0.1, 0.15) is 94.7 Å². The van der Waals surface area contributed by atoms with Crippen LogP contribution in [0.25, 0.3) is 0 Å². The SMILES string of the molecule is O=C(N[C@@]1(C(=O)Cc2ccc(N3CCCCCC3=O)cc2)CCOC1)c1ccc(Br)s1.O=C(N[C@]1(C(=O)Cc2ccc(N3CCCCCC3=O)cc2)CCOC1)c1ccc(Br)s1. The molecule has 62 heavy (non-hydrogen) atoms. The second kappa shape index (κ2) is 21.1. The maximum atomic E-state index is 13.2. The van der Waals surface area contributed by atoms with E-state index in [0.717, 1.165) is 81.7 Å². The maximum absolute atomic E-state index is 13.2. The number of anilines is 2. The van der Waals surface area contributed by atoms with Gasteiger partial charge in [0.25, 0.3) is 11.8 Å². The van der Waals surface area contributed by atoms with Gasteiger partial charge in [0.2, 0.25) is 11.8 Å². The molecule has 0 spiro atoms. The Morgan fingerprint density at radius 1 is 0.565 bits per heavy atom. The Labute approximate surface area is 386 Å². The van der Waals surface area contributed by atoms with E-state index in [2.05, 4.69) is 42.5 Å². The molecule has 4 aromatic rings. The first-order chi connectivity index (χ1) is 29.9. The van der Waals surface area contributed by atoms with Crippen molar-refractivity contribution in [2.24, 2.45) is 0 Å². The quantitative estimate of drug-likeness (QED) is 0.144. The normalized spacial score (nSPS) is 21.7. The molecule has 2 aromatic heterocycles. The molecule has 0 saturated carbocycles. The van der Waals surface area contributed by atoms with Gasteiger partial charge in [-0.05, 0) is 117 Å². The zero-order valence-corrected chi connectivity index (χ0v) is 39.2. The van der Waals surface area contributed by atoms with Crippen molar-refractivity contribution in [3.63, 3.8) is 0 Å². The standard InChI is InChI=1S/2C23H25BrN2O4S/c2*24-20-10-9-18(31-20)22(29)25-23(11-13-30-15-23)19(27)14-16-5-7-17(8-6-16)26-12-3-1-2-4-21(26)28/h2*5-10H,1-4,11-15H2,(H,25,29)/t2*23-/m10/s1. The molecular weight excluding hydrogens is 960 g/mol. The highest BCUT2D eigenvalue weighted by Crippen LogP contribution is 2.29. The molecule has 16 heteroatoms. The van der Waals surface area contributed by atoms with Crippen LogP contribution < -0.4 is 20.4 Å². The molecule has 4 aliphatic rings. The molecule has 0 aliphatic carbocycles. The van der Waals surface area contributed by atoms with Gasteiger partial charge in [-0.3, -0.25) is 28.8 Å². The van der Waals surface area contributed by atoms with Crippen LogP contribution in [0.5, 0.6) is 0 Å². The number of nitrogens with zero attached hydrogens (tertiary/aromatic N) is 2. The molecule has 12 nitrogen and oxygen atoms in total. The summed E-state index contributed by atoms with van der Waals surface area (Å²) in [5, 5.41) is 5.88. The van der Waals surface area contributed by atoms with Crippen molar-refractivity contribution in [1.82, 2.24) is 10.6 Å². The average molecular weight is 1010 g/mol. The predicted molar refractivity (Wildman–Crippen MR) is 247 cm³/mol. The lowest BCUT2D eigenvalue weighted by Gasteiger charge is -2.27. The molecule has 0 radical (unpaired) electrons. The van der Waals surface area contributed by atoms with E-state index in [1.165, 1.54) is 22.7 Å². The number of rotatable bonds is 12. The number of amides is 4. The van der Waals surface area contributed by atoms with Crippen LogP contribution in [0, 0.1) is 0 Å². The number of nitrogens with one attached hydrogen (secondary N) is 2. The minimum absolute atomic E-state index is 0.0624. The third-order valence-corrected chi connectivity index (χ3v) is 15.0. The fourth-order valence-corrected chi connectivity index (χ4v) is 10.7. The average Bonchev–Trinajstić information content (AvgIpc) is 4.07. The van der Waals surface area contributed by atoms with Crippen LogP contribution in [-0.2, 0) is 41.5 Å². The van der Waals surface area contributed by atoms with Gasteiger partial charge in [-0.25, -0.2) is 0 Å². The number of thiophene rings is 2. The zero-order valence-electron chi connectivity index (χ0n) is 34.4. The van der Waals surface area contributed by atoms with Gasteiger partial charge in [0, 0.05) is 76.2 Å². The van der Waals surface area contributed by atoms with Crippen molar-refractivity contribution in [1.29, 1.82) is 0 Å². The number of carbonyl (C=O) groups is 6. The van der Waals surface area contributed by atoms with Gasteiger partial charge < -0.3 is 29.9 Å². The number of halogens is 2. The molecule has 328 valence electrons. The zero-order chi connectivity index (χ0) is 43.7. The van der Waals surface area contributed by atoms with E-state index in [0.29, 0.717) is 48.7 Å². The number of ketones is 2. The molecule has 4 amide bonds. The molecule has 2 atom stereocenters. The van der Waals surface area contributed by atoms with E-state index in [1.807, 2.05) is 70.5 Å². The van der Waals surface area contributed by atoms with E-state index in [-0.39, 0.29) is 61.3 Å². The Morgan fingerprint density at radius 2 is 0.968 bits per heavy atom. The summed E-state index contributed by atoms with van der Waals surface area (Å²) in [4.78, 5) is 81.3. The second-order valence-corrected chi connectivity index (χ2v) is 21.1. The summed E-state index contributed by atoms with van der Waals surface area (Å²) in [5.74, 6) is -0.327. The highest BCUT2D eigenvalue weighted by molar-refractivity contribution is 9.11. The van der Waals surface area contributed by atoms with E-state index >= 15 is 0 Å². The third-order valence-electron chi connectivity index (χ3n) is 11.8. The van der Waals surface area contributed by atoms with Crippen LogP contribution in [0.2, 0.25) is 0 Å². The summed E-state index contributed by atoms with van der Waals surface area (Å²) in [7, 11) is 0. The summed E-state index contributed by atoms with van der Waals surface area (Å²) in [5.41, 5.74) is 1.45. The third kappa shape index (κ3) is 11.4. The van der Waals surface area contributed by atoms with E-state index in [4.69, 9.17) is 9.47 Å². The first-order valence-electron chi connectivity index (χ1n) is 21.1. The summed E-state index contributed by atoms with van der Waals surface area (Å²) < 4.78 is 12.7. The molecule has 0 unspecified atom stereocenters. The van der Waals surface area contributed by atoms with Crippen molar-refractivity contribution >= 4 is 101 Å². The lowest BCUT2D eigenvalue weighted by atomic mass is 9.88. The lowest BCUT2D eigenvalue weighted by molar-refractivity contribution is -0.125. The van der Waals surface area contributed by atoms with Gasteiger partial charge in [-0.2, -0.15) is 0 Å². The number of ether oxygens (including phenoxy) is 2. The Balaban J connectivity index is 0.000000186. The maximum Gasteiger partial charge on any atom is 0.262 e. The number of benzene rings is 2. The van der Waals surface area contributed by atoms with Crippen molar-refractivity contribution in [3.8, 4) is 0 Å². The Kier molecular flexibility index (Phi) is 15.6. The van der Waals surface area contributed by atoms with Crippen LogP contribution in [0.3, 0.4) is 0 Å². The molecule has 4 saturated heterocycles. The first-order valence-corrected chi connectivity index (χ1v) is 24.3. The van der Waals surface area contributed by atoms with Crippen LogP contribution in [-0.4, -0.2) is 85.8 Å². The van der Waals surface area contributed by atoms with Crippen molar-refractivity contribution in [2.45, 2.75) is 88.1 Å². The Bertz CT molecular complexity index is 2090.